The standard InChI is InChI=1S/C18H18BrN3O3/c1-22(2)14-8-7-12(9-13(14)19)10-20-21-18(23)17-11-24-15-5-3-4-6-16(15)25-17/h3-10,17H,11H2,1-2H3,(H,21,23)/b20-10+. The predicted molar refractivity (Wildman–Crippen MR) is 101 cm³/mol. The van der Waals surface area contributed by atoms with Gasteiger partial charge in [-0.25, -0.2) is 5.43 Å². The summed E-state index contributed by atoms with van der Waals surface area (Å²) in [5.74, 6) is 0.844. The first-order valence-electron chi connectivity index (χ1n) is 7.73. The Balaban J connectivity index is 1.59. The van der Waals surface area contributed by atoms with Gasteiger partial charge in [-0.05, 0) is 45.8 Å². The molecule has 0 saturated carbocycles. The maximum absolute atomic E-state index is 12.2. The van der Waals surface area contributed by atoms with E-state index in [1.54, 1.807) is 18.3 Å². The average molecular weight is 404 g/mol. The number of rotatable bonds is 4. The largest absolute Gasteiger partial charge is 0.485 e. The van der Waals surface area contributed by atoms with Gasteiger partial charge < -0.3 is 14.4 Å². The van der Waals surface area contributed by atoms with Crippen LogP contribution in [0.15, 0.2) is 52.0 Å². The van der Waals surface area contributed by atoms with E-state index < -0.39 is 6.10 Å². The molecule has 25 heavy (non-hydrogen) atoms. The van der Waals surface area contributed by atoms with E-state index in [4.69, 9.17) is 9.47 Å². The van der Waals surface area contributed by atoms with Gasteiger partial charge in [-0.3, -0.25) is 4.79 Å². The number of benzene rings is 2. The summed E-state index contributed by atoms with van der Waals surface area (Å²) in [6.45, 7) is 0.154. The summed E-state index contributed by atoms with van der Waals surface area (Å²) in [6.07, 6.45) is 0.856. The minimum atomic E-state index is -0.727. The molecular formula is C18H18BrN3O3. The second kappa shape index (κ2) is 7.57. The van der Waals surface area contributed by atoms with Crippen molar-refractivity contribution in [1.29, 1.82) is 0 Å². The molecule has 2 aromatic carbocycles. The molecule has 1 atom stereocenters. The first-order chi connectivity index (χ1) is 12.0. The van der Waals surface area contributed by atoms with E-state index in [9.17, 15) is 4.79 Å². The highest BCUT2D eigenvalue weighted by molar-refractivity contribution is 9.10. The monoisotopic (exact) mass is 403 g/mol. The fourth-order valence-corrected chi connectivity index (χ4v) is 3.11. The lowest BCUT2D eigenvalue weighted by atomic mass is 10.2. The first-order valence-corrected chi connectivity index (χ1v) is 8.52. The molecule has 3 rings (SSSR count). The Labute approximate surface area is 154 Å². The van der Waals surface area contributed by atoms with Crippen LogP contribution in [0.5, 0.6) is 11.5 Å². The third kappa shape index (κ3) is 4.11. The van der Waals surface area contributed by atoms with Crippen LogP contribution in [0, 0.1) is 0 Å². The molecule has 0 aliphatic carbocycles. The molecule has 0 bridgehead atoms. The highest BCUT2D eigenvalue weighted by Gasteiger charge is 2.26. The van der Waals surface area contributed by atoms with E-state index in [1.165, 1.54) is 0 Å². The number of anilines is 1. The van der Waals surface area contributed by atoms with Gasteiger partial charge in [0.2, 0.25) is 6.10 Å². The van der Waals surface area contributed by atoms with Crippen molar-refractivity contribution in [2.24, 2.45) is 5.10 Å². The van der Waals surface area contributed by atoms with Crippen molar-refractivity contribution in [3.05, 3.63) is 52.5 Å². The van der Waals surface area contributed by atoms with Gasteiger partial charge in [0, 0.05) is 18.6 Å². The smallest absolute Gasteiger partial charge is 0.284 e. The normalized spacial score (nSPS) is 15.9. The molecule has 1 unspecified atom stereocenters. The lowest BCUT2D eigenvalue weighted by Gasteiger charge is -2.24. The maximum atomic E-state index is 12.2. The number of hydrogen-bond donors (Lipinski definition) is 1. The summed E-state index contributed by atoms with van der Waals surface area (Å²) in [6, 6.07) is 13.1. The molecule has 2 aromatic rings. The zero-order chi connectivity index (χ0) is 17.8. The van der Waals surface area contributed by atoms with Crippen molar-refractivity contribution in [1.82, 2.24) is 5.43 Å². The average Bonchev–Trinajstić information content (AvgIpc) is 2.61. The predicted octanol–water partition coefficient (Wildman–Crippen LogP) is 2.81. The molecule has 0 saturated heterocycles. The van der Waals surface area contributed by atoms with Gasteiger partial charge in [-0.2, -0.15) is 5.10 Å². The Kier molecular flexibility index (Phi) is 5.23. The van der Waals surface area contributed by atoms with Gasteiger partial charge in [-0.1, -0.05) is 18.2 Å². The third-order valence-electron chi connectivity index (χ3n) is 3.64. The lowest BCUT2D eigenvalue weighted by Crippen LogP contribution is -2.42. The number of nitrogens with one attached hydrogen (secondary N) is 1. The number of para-hydroxylation sites is 2. The number of carbonyl (C=O) groups is 1. The zero-order valence-corrected chi connectivity index (χ0v) is 15.5. The highest BCUT2D eigenvalue weighted by atomic mass is 79.9. The molecule has 1 heterocycles. The number of carbonyl (C=O) groups excluding carboxylic acids is 1. The van der Waals surface area contributed by atoms with Crippen LogP contribution in [0.3, 0.4) is 0 Å². The number of halogens is 1. The van der Waals surface area contributed by atoms with Crippen LogP contribution in [0.1, 0.15) is 5.56 Å². The summed E-state index contributed by atoms with van der Waals surface area (Å²) >= 11 is 3.52. The van der Waals surface area contributed by atoms with E-state index >= 15 is 0 Å². The molecule has 130 valence electrons. The Hall–Kier alpha value is -2.54. The molecule has 1 N–H and O–H groups in total. The Morgan fingerprint density at radius 1 is 1.28 bits per heavy atom. The number of hydrazone groups is 1. The quantitative estimate of drug-likeness (QED) is 0.629. The molecule has 1 aliphatic rings. The number of ether oxygens (including phenoxy) is 2. The van der Waals surface area contributed by atoms with Gasteiger partial charge >= 0.3 is 0 Å². The van der Waals surface area contributed by atoms with Crippen LogP contribution in [-0.4, -0.2) is 38.9 Å². The molecule has 0 fully saturated rings. The number of amides is 1. The molecule has 1 amide bonds. The fourth-order valence-electron chi connectivity index (χ4n) is 2.36. The molecule has 0 radical (unpaired) electrons. The summed E-state index contributed by atoms with van der Waals surface area (Å²) in [5.41, 5.74) is 4.42. The number of hydrogen-bond acceptors (Lipinski definition) is 5. The van der Waals surface area contributed by atoms with Crippen LogP contribution in [0.4, 0.5) is 5.69 Å². The van der Waals surface area contributed by atoms with Crippen molar-refractivity contribution in [3.8, 4) is 11.5 Å². The Bertz CT molecular complexity index is 808. The van der Waals surface area contributed by atoms with Crippen molar-refractivity contribution < 1.29 is 14.3 Å². The van der Waals surface area contributed by atoms with E-state index in [-0.39, 0.29) is 12.5 Å². The van der Waals surface area contributed by atoms with Gasteiger partial charge in [0.25, 0.3) is 5.91 Å². The minimum Gasteiger partial charge on any atom is -0.485 e. The van der Waals surface area contributed by atoms with Gasteiger partial charge in [0.1, 0.15) is 6.61 Å². The molecule has 7 heteroatoms. The van der Waals surface area contributed by atoms with Crippen molar-refractivity contribution in [2.45, 2.75) is 6.10 Å². The molecule has 6 nitrogen and oxygen atoms in total. The number of nitrogens with zero attached hydrogens (tertiary/aromatic N) is 2. The van der Waals surface area contributed by atoms with Crippen molar-refractivity contribution in [2.75, 3.05) is 25.6 Å². The zero-order valence-electron chi connectivity index (χ0n) is 13.9. The lowest BCUT2D eigenvalue weighted by molar-refractivity contribution is -0.130. The topological polar surface area (TPSA) is 63.2 Å². The maximum Gasteiger partial charge on any atom is 0.284 e. The van der Waals surface area contributed by atoms with E-state index in [0.29, 0.717) is 11.5 Å². The van der Waals surface area contributed by atoms with Crippen molar-refractivity contribution >= 4 is 33.7 Å². The molecular weight excluding hydrogens is 386 g/mol. The SMILES string of the molecule is CN(C)c1ccc(/C=N/NC(=O)C2COc3ccccc3O2)cc1Br. The van der Waals surface area contributed by atoms with E-state index in [1.807, 2.05) is 49.3 Å². The Morgan fingerprint density at radius 2 is 2.04 bits per heavy atom. The second-order valence-electron chi connectivity index (χ2n) is 5.70. The van der Waals surface area contributed by atoms with E-state index in [2.05, 4.69) is 26.5 Å². The Morgan fingerprint density at radius 3 is 2.76 bits per heavy atom. The van der Waals surface area contributed by atoms with Crippen LogP contribution in [0.2, 0.25) is 0 Å². The summed E-state index contributed by atoms with van der Waals surface area (Å²) in [5, 5.41) is 3.99. The van der Waals surface area contributed by atoms with Crippen molar-refractivity contribution in [3.63, 3.8) is 0 Å². The highest BCUT2D eigenvalue weighted by Crippen LogP contribution is 2.30. The van der Waals surface area contributed by atoms with E-state index in [0.717, 1.165) is 15.7 Å². The summed E-state index contributed by atoms with van der Waals surface area (Å²) in [7, 11) is 3.94. The van der Waals surface area contributed by atoms with Crippen LogP contribution < -0.4 is 19.8 Å². The van der Waals surface area contributed by atoms with Crippen LogP contribution in [0.25, 0.3) is 0 Å². The number of fused-ring (bicyclic) bond motifs is 1. The van der Waals surface area contributed by atoms with Gasteiger partial charge in [0.15, 0.2) is 11.5 Å². The fraction of sp³-hybridized carbons (Fsp3) is 0.222. The van der Waals surface area contributed by atoms with Gasteiger partial charge in [0.05, 0.1) is 11.9 Å². The molecule has 0 aromatic heterocycles. The minimum absolute atomic E-state index is 0.154. The molecule has 0 spiro atoms. The summed E-state index contributed by atoms with van der Waals surface area (Å²) < 4.78 is 12.1. The first kappa shape index (κ1) is 17.3. The molecule has 1 aliphatic heterocycles. The van der Waals surface area contributed by atoms with Gasteiger partial charge in [-0.15, -0.1) is 0 Å². The van der Waals surface area contributed by atoms with Crippen LogP contribution in [-0.2, 0) is 4.79 Å². The third-order valence-corrected chi connectivity index (χ3v) is 4.28. The summed E-state index contributed by atoms with van der Waals surface area (Å²) in [4.78, 5) is 14.2. The van der Waals surface area contributed by atoms with Crippen LogP contribution >= 0.6 is 15.9 Å². The second-order valence-corrected chi connectivity index (χ2v) is 6.56.